The van der Waals surface area contributed by atoms with Crippen molar-refractivity contribution in [2.75, 3.05) is 0 Å². The van der Waals surface area contributed by atoms with E-state index < -0.39 is 0 Å². The van der Waals surface area contributed by atoms with Gasteiger partial charge in [-0.2, -0.15) is 0 Å². The van der Waals surface area contributed by atoms with Gasteiger partial charge < -0.3 is 5.32 Å². The van der Waals surface area contributed by atoms with Gasteiger partial charge in [0.05, 0.1) is 0 Å². The number of amides is 1. The van der Waals surface area contributed by atoms with Crippen molar-refractivity contribution in [2.45, 2.75) is 72.8 Å². The van der Waals surface area contributed by atoms with Crippen LogP contribution < -0.4 is 5.32 Å². The molecule has 1 aromatic carbocycles. The van der Waals surface area contributed by atoms with Gasteiger partial charge in [-0.3, -0.25) is 4.79 Å². The first-order valence-corrected chi connectivity index (χ1v) is 8.67. The fraction of sp³-hybridized carbons (Fsp3) is 0.571. The largest absolute Gasteiger partial charge is 0.349 e. The monoisotopic (exact) mass is 313 g/mol. The molecule has 1 aliphatic rings. The van der Waals surface area contributed by atoms with Crippen LogP contribution in [-0.2, 0) is 16.6 Å². The first kappa shape index (κ1) is 17.8. The minimum Gasteiger partial charge on any atom is -0.349 e. The summed E-state index contributed by atoms with van der Waals surface area (Å²) >= 11 is 0. The summed E-state index contributed by atoms with van der Waals surface area (Å²) < 4.78 is 0. The number of carbonyl (C=O) groups is 1. The van der Waals surface area contributed by atoms with Crippen molar-refractivity contribution in [3.8, 4) is 0 Å². The lowest BCUT2D eigenvalue weighted by atomic mass is 9.85. The topological polar surface area (TPSA) is 29.1 Å². The number of fused-ring (bicyclic) bond motifs is 1. The molecule has 0 radical (unpaired) electrons. The maximum atomic E-state index is 12.6. The van der Waals surface area contributed by atoms with Crippen molar-refractivity contribution < 1.29 is 4.79 Å². The van der Waals surface area contributed by atoms with Crippen molar-refractivity contribution in [3.63, 3.8) is 0 Å². The zero-order valence-electron chi connectivity index (χ0n) is 15.7. The van der Waals surface area contributed by atoms with Crippen molar-refractivity contribution in [1.29, 1.82) is 0 Å². The van der Waals surface area contributed by atoms with Crippen molar-refractivity contribution in [1.82, 2.24) is 5.32 Å². The van der Waals surface area contributed by atoms with E-state index in [0.29, 0.717) is 0 Å². The van der Waals surface area contributed by atoms with Crippen LogP contribution in [0.2, 0.25) is 0 Å². The lowest BCUT2D eigenvalue weighted by Crippen LogP contribution is -2.43. The van der Waals surface area contributed by atoms with E-state index in [-0.39, 0.29) is 22.8 Å². The standard InChI is InChI=1S/C21H31NO/c1-8-18(21(5,6)7)22-19(23)16-11-14-9-10-17(20(2,3)4)13-15(14)12-16/h9-10,12-13,18H,8,11H2,1-7H3,(H,22,23). The van der Waals surface area contributed by atoms with Gasteiger partial charge in [0.2, 0.25) is 5.91 Å². The number of hydrogen-bond acceptors (Lipinski definition) is 1. The molecule has 1 N–H and O–H groups in total. The first-order chi connectivity index (χ1) is 10.5. The molecule has 2 nitrogen and oxygen atoms in total. The molecule has 0 saturated carbocycles. The van der Waals surface area contributed by atoms with E-state index in [1.807, 2.05) is 0 Å². The van der Waals surface area contributed by atoms with Crippen LogP contribution >= 0.6 is 0 Å². The third kappa shape index (κ3) is 4.04. The molecule has 0 aromatic heterocycles. The highest BCUT2D eigenvalue weighted by molar-refractivity contribution is 6.00. The minimum atomic E-state index is 0.0792. The third-order valence-corrected chi connectivity index (χ3v) is 4.77. The molecule has 23 heavy (non-hydrogen) atoms. The zero-order valence-corrected chi connectivity index (χ0v) is 15.7. The molecule has 1 amide bonds. The molecule has 0 bridgehead atoms. The van der Waals surface area contributed by atoms with Crippen molar-refractivity contribution in [2.24, 2.45) is 5.41 Å². The number of carbonyl (C=O) groups excluding carboxylic acids is 1. The Balaban J connectivity index is 2.18. The Morgan fingerprint density at radius 3 is 2.35 bits per heavy atom. The van der Waals surface area contributed by atoms with E-state index in [1.54, 1.807) is 0 Å². The third-order valence-electron chi connectivity index (χ3n) is 4.77. The summed E-state index contributed by atoms with van der Waals surface area (Å²) in [7, 11) is 0. The molecule has 2 heteroatoms. The first-order valence-electron chi connectivity index (χ1n) is 8.67. The average Bonchev–Trinajstić information content (AvgIpc) is 2.85. The maximum Gasteiger partial charge on any atom is 0.247 e. The maximum absolute atomic E-state index is 12.6. The van der Waals surface area contributed by atoms with Gasteiger partial charge in [0.15, 0.2) is 0 Å². The zero-order chi connectivity index (χ0) is 17.4. The Bertz CT molecular complexity index is 626. The van der Waals surface area contributed by atoms with Crippen LogP contribution in [0.5, 0.6) is 0 Å². The molecule has 1 atom stereocenters. The van der Waals surface area contributed by atoms with Gasteiger partial charge in [0, 0.05) is 18.0 Å². The van der Waals surface area contributed by atoms with E-state index in [2.05, 4.69) is 78.1 Å². The quantitative estimate of drug-likeness (QED) is 0.848. The fourth-order valence-corrected chi connectivity index (χ4v) is 3.13. The van der Waals surface area contributed by atoms with E-state index in [0.717, 1.165) is 18.4 Å². The lowest BCUT2D eigenvalue weighted by molar-refractivity contribution is -0.118. The summed E-state index contributed by atoms with van der Waals surface area (Å²) in [6.45, 7) is 15.3. The highest BCUT2D eigenvalue weighted by atomic mass is 16.1. The van der Waals surface area contributed by atoms with Gasteiger partial charge in [0.1, 0.15) is 0 Å². The predicted molar refractivity (Wildman–Crippen MR) is 98.5 cm³/mol. The second-order valence-electron chi connectivity index (χ2n) is 8.81. The summed E-state index contributed by atoms with van der Waals surface area (Å²) in [6.07, 6.45) is 3.76. The molecule has 2 rings (SSSR count). The van der Waals surface area contributed by atoms with Crippen LogP contribution in [0.1, 0.15) is 71.6 Å². The van der Waals surface area contributed by atoms with Gasteiger partial charge in [-0.15, -0.1) is 0 Å². The number of nitrogens with one attached hydrogen (secondary N) is 1. The van der Waals surface area contributed by atoms with E-state index in [1.165, 1.54) is 16.7 Å². The predicted octanol–water partition coefficient (Wildman–Crippen LogP) is 4.86. The summed E-state index contributed by atoms with van der Waals surface area (Å²) in [5.41, 5.74) is 4.87. The molecule has 126 valence electrons. The van der Waals surface area contributed by atoms with Crippen molar-refractivity contribution >= 4 is 12.0 Å². The molecule has 0 aliphatic heterocycles. The van der Waals surface area contributed by atoms with Gasteiger partial charge in [-0.25, -0.2) is 0 Å². The van der Waals surface area contributed by atoms with Crippen molar-refractivity contribution in [3.05, 3.63) is 40.5 Å². The van der Waals surface area contributed by atoms with Gasteiger partial charge in [-0.05, 0) is 40.0 Å². The van der Waals surface area contributed by atoms with Crippen LogP contribution in [-0.4, -0.2) is 11.9 Å². The molecule has 0 heterocycles. The van der Waals surface area contributed by atoms with Crippen LogP contribution in [0, 0.1) is 5.41 Å². The lowest BCUT2D eigenvalue weighted by Gasteiger charge is -2.30. The Morgan fingerprint density at radius 1 is 1.17 bits per heavy atom. The van der Waals surface area contributed by atoms with Gasteiger partial charge >= 0.3 is 0 Å². The number of hydrogen-bond donors (Lipinski definition) is 1. The summed E-state index contributed by atoms with van der Waals surface area (Å²) in [5, 5.41) is 3.22. The average molecular weight is 313 g/mol. The summed E-state index contributed by atoms with van der Waals surface area (Å²) in [5.74, 6) is 0.0836. The van der Waals surface area contributed by atoms with Gasteiger partial charge in [-0.1, -0.05) is 66.7 Å². The highest BCUT2D eigenvalue weighted by Gasteiger charge is 2.27. The molecular formula is C21H31NO. The molecule has 1 aromatic rings. The smallest absolute Gasteiger partial charge is 0.247 e. The van der Waals surface area contributed by atoms with Gasteiger partial charge in [0.25, 0.3) is 0 Å². The molecule has 1 unspecified atom stereocenters. The number of benzene rings is 1. The SMILES string of the molecule is CCC(NC(=O)C1=Cc2cc(C(C)(C)C)ccc2C1)C(C)(C)C. The minimum absolute atomic E-state index is 0.0792. The van der Waals surface area contributed by atoms with E-state index in [4.69, 9.17) is 0 Å². The molecular weight excluding hydrogens is 282 g/mol. The summed E-state index contributed by atoms with van der Waals surface area (Å²) in [4.78, 5) is 12.6. The highest BCUT2D eigenvalue weighted by Crippen LogP contribution is 2.31. The Morgan fingerprint density at radius 2 is 1.83 bits per heavy atom. The molecule has 0 fully saturated rings. The Labute approximate surface area is 141 Å². The Kier molecular flexibility index (Phi) is 4.75. The van der Waals surface area contributed by atoms with Crippen LogP contribution in [0.4, 0.5) is 0 Å². The fourth-order valence-electron chi connectivity index (χ4n) is 3.13. The van der Waals surface area contributed by atoms with Crippen LogP contribution in [0.15, 0.2) is 23.8 Å². The molecule has 0 spiro atoms. The summed E-state index contributed by atoms with van der Waals surface area (Å²) in [6, 6.07) is 6.80. The second-order valence-corrected chi connectivity index (χ2v) is 8.81. The molecule has 1 aliphatic carbocycles. The number of rotatable bonds is 3. The second kappa shape index (κ2) is 6.14. The van der Waals surface area contributed by atoms with E-state index in [9.17, 15) is 4.79 Å². The molecule has 0 saturated heterocycles. The Hall–Kier alpha value is -1.57. The van der Waals surface area contributed by atoms with Crippen LogP contribution in [0.25, 0.3) is 6.08 Å². The normalized spacial score (nSPS) is 15.9. The van der Waals surface area contributed by atoms with E-state index >= 15 is 0 Å². The van der Waals surface area contributed by atoms with Crippen LogP contribution in [0.3, 0.4) is 0 Å².